The van der Waals surface area contributed by atoms with Crippen molar-refractivity contribution >= 4 is 27.5 Å². The van der Waals surface area contributed by atoms with Crippen molar-refractivity contribution in [3.63, 3.8) is 0 Å². The number of carbonyl (C=O) groups is 1. The molecule has 0 radical (unpaired) electrons. The molecule has 1 atom stereocenters. The van der Waals surface area contributed by atoms with Crippen molar-refractivity contribution in [2.24, 2.45) is 0 Å². The van der Waals surface area contributed by atoms with E-state index in [4.69, 9.17) is 11.6 Å². The molecule has 0 bridgehead atoms. The molecule has 2 aromatic carbocycles. The highest BCUT2D eigenvalue weighted by Gasteiger charge is 2.21. The first-order valence-electron chi connectivity index (χ1n) is 9.41. The number of halogens is 1. The molecule has 0 aliphatic rings. The highest BCUT2D eigenvalue weighted by molar-refractivity contribution is 7.89. The zero-order valence-corrected chi connectivity index (χ0v) is 18.1. The lowest BCUT2D eigenvalue weighted by Crippen LogP contribution is -2.30. The lowest BCUT2D eigenvalue weighted by Gasteiger charge is -2.18. The van der Waals surface area contributed by atoms with Crippen molar-refractivity contribution in [3.05, 3.63) is 64.7 Å². The quantitative estimate of drug-likeness (QED) is 0.659. The van der Waals surface area contributed by atoms with Crippen LogP contribution in [-0.4, -0.2) is 31.7 Å². The first-order valence-corrected chi connectivity index (χ1v) is 11.2. The highest BCUT2D eigenvalue weighted by Crippen LogP contribution is 2.18. The fraction of sp³-hybridized carbons (Fsp3) is 0.381. The maximum absolute atomic E-state index is 12.5. The van der Waals surface area contributed by atoms with Crippen LogP contribution in [0.5, 0.6) is 0 Å². The lowest BCUT2D eigenvalue weighted by atomic mass is 10.1. The van der Waals surface area contributed by atoms with E-state index in [0.717, 1.165) is 11.1 Å². The van der Waals surface area contributed by atoms with Gasteiger partial charge in [0.15, 0.2) is 0 Å². The molecule has 0 aliphatic carbocycles. The minimum absolute atomic E-state index is 0.0534. The summed E-state index contributed by atoms with van der Waals surface area (Å²) >= 11 is 5.88. The third-order valence-electron chi connectivity index (χ3n) is 4.65. The molecule has 0 heterocycles. The molecule has 0 fully saturated rings. The van der Waals surface area contributed by atoms with Gasteiger partial charge in [0.25, 0.3) is 0 Å². The van der Waals surface area contributed by atoms with Gasteiger partial charge in [-0.3, -0.25) is 4.79 Å². The van der Waals surface area contributed by atoms with Crippen LogP contribution in [0.4, 0.5) is 0 Å². The number of amides is 1. The van der Waals surface area contributed by atoms with Gasteiger partial charge < -0.3 is 5.32 Å². The number of rotatable bonds is 9. The molecular weight excluding hydrogens is 396 g/mol. The van der Waals surface area contributed by atoms with Gasteiger partial charge in [0.1, 0.15) is 0 Å². The number of nitrogens with zero attached hydrogens (tertiary/aromatic N) is 1. The predicted octanol–water partition coefficient (Wildman–Crippen LogP) is 4.18. The van der Waals surface area contributed by atoms with Crippen molar-refractivity contribution < 1.29 is 13.2 Å². The second-order valence-corrected chi connectivity index (χ2v) is 8.95. The van der Waals surface area contributed by atoms with E-state index in [1.807, 2.05) is 32.9 Å². The molecule has 28 heavy (non-hydrogen) atoms. The van der Waals surface area contributed by atoms with Crippen LogP contribution in [0.25, 0.3) is 0 Å². The van der Waals surface area contributed by atoms with Crippen LogP contribution in [0.1, 0.15) is 44.4 Å². The van der Waals surface area contributed by atoms with Crippen LogP contribution >= 0.6 is 11.6 Å². The molecule has 0 aliphatic heterocycles. The van der Waals surface area contributed by atoms with E-state index >= 15 is 0 Å². The Morgan fingerprint density at radius 2 is 1.61 bits per heavy atom. The Kier molecular flexibility index (Phi) is 8.04. The fourth-order valence-corrected chi connectivity index (χ4v) is 4.53. The summed E-state index contributed by atoms with van der Waals surface area (Å²) in [5.41, 5.74) is 1.91. The van der Waals surface area contributed by atoms with Gasteiger partial charge in [-0.15, -0.1) is 0 Å². The summed E-state index contributed by atoms with van der Waals surface area (Å²) in [5, 5.41) is 3.63. The summed E-state index contributed by atoms with van der Waals surface area (Å²) in [6.45, 7) is 6.44. The standard InChI is InChI=1S/C21H27ClN2O3S/c1-4-24(5-2)28(26,27)20-13-6-17(7-14-20)8-15-21(25)23-16(3)18-9-11-19(22)12-10-18/h6-7,9-14,16H,4-5,8,15H2,1-3H3,(H,23,25)/t16-/m0/s1. The average Bonchev–Trinajstić information content (AvgIpc) is 2.68. The highest BCUT2D eigenvalue weighted by atomic mass is 35.5. The maximum Gasteiger partial charge on any atom is 0.243 e. The van der Waals surface area contributed by atoms with Gasteiger partial charge in [-0.2, -0.15) is 4.31 Å². The van der Waals surface area contributed by atoms with Crippen molar-refractivity contribution in [1.29, 1.82) is 0 Å². The third-order valence-corrected chi connectivity index (χ3v) is 6.97. The minimum atomic E-state index is -3.45. The normalized spacial score (nSPS) is 12.8. The van der Waals surface area contributed by atoms with Gasteiger partial charge in [0.05, 0.1) is 10.9 Å². The fourth-order valence-electron chi connectivity index (χ4n) is 2.95. The summed E-state index contributed by atoms with van der Waals surface area (Å²) in [6, 6.07) is 14.0. The van der Waals surface area contributed by atoms with Gasteiger partial charge in [0.2, 0.25) is 15.9 Å². The number of aryl methyl sites for hydroxylation is 1. The van der Waals surface area contributed by atoms with Gasteiger partial charge >= 0.3 is 0 Å². The number of hydrogen-bond donors (Lipinski definition) is 1. The number of hydrogen-bond acceptors (Lipinski definition) is 3. The molecule has 152 valence electrons. The Hall–Kier alpha value is -1.89. The zero-order valence-electron chi connectivity index (χ0n) is 16.5. The summed E-state index contributed by atoms with van der Waals surface area (Å²) in [7, 11) is -3.45. The molecule has 0 unspecified atom stereocenters. The van der Waals surface area contributed by atoms with E-state index in [9.17, 15) is 13.2 Å². The van der Waals surface area contributed by atoms with Crippen LogP contribution in [0.3, 0.4) is 0 Å². The number of benzene rings is 2. The van der Waals surface area contributed by atoms with Crippen LogP contribution < -0.4 is 5.32 Å². The smallest absolute Gasteiger partial charge is 0.243 e. The maximum atomic E-state index is 12.5. The van der Waals surface area contributed by atoms with E-state index in [0.29, 0.717) is 31.0 Å². The molecule has 7 heteroatoms. The molecule has 1 N–H and O–H groups in total. The van der Waals surface area contributed by atoms with Crippen LogP contribution in [0, 0.1) is 0 Å². The molecule has 5 nitrogen and oxygen atoms in total. The third kappa shape index (κ3) is 5.80. The minimum Gasteiger partial charge on any atom is -0.350 e. The van der Waals surface area contributed by atoms with Crippen molar-refractivity contribution in [2.45, 2.75) is 44.6 Å². The van der Waals surface area contributed by atoms with E-state index in [1.54, 1.807) is 36.4 Å². The zero-order chi connectivity index (χ0) is 20.7. The summed E-state index contributed by atoms with van der Waals surface area (Å²) in [4.78, 5) is 12.5. The second-order valence-electron chi connectivity index (χ2n) is 6.57. The molecule has 2 rings (SSSR count). The molecule has 0 saturated carbocycles. The Balaban J connectivity index is 1.92. The topological polar surface area (TPSA) is 66.5 Å². The van der Waals surface area contributed by atoms with Gasteiger partial charge in [-0.05, 0) is 48.7 Å². The largest absolute Gasteiger partial charge is 0.350 e. The van der Waals surface area contributed by atoms with Gasteiger partial charge in [-0.1, -0.05) is 49.7 Å². The monoisotopic (exact) mass is 422 g/mol. The SMILES string of the molecule is CCN(CC)S(=O)(=O)c1ccc(CCC(=O)N[C@@H](C)c2ccc(Cl)cc2)cc1. The van der Waals surface area contributed by atoms with Crippen LogP contribution in [0.15, 0.2) is 53.4 Å². The Labute approximate surface area is 172 Å². The van der Waals surface area contributed by atoms with E-state index in [2.05, 4.69) is 5.32 Å². The molecule has 2 aromatic rings. The summed E-state index contributed by atoms with van der Waals surface area (Å²) in [6.07, 6.45) is 0.880. The molecule has 1 amide bonds. The van der Waals surface area contributed by atoms with Gasteiger partial charge in [0, 0.05) is 24.5 Å². The second kappa shape index (κ2) is 10.0. The number of carbonyl (C=O) groups excluding carboxylic acids is 1. The molecule has 0 spiro atoms. The van der Waals surface area contributed by atoms with Crippen molar-refractivity contribution in [3.8, 4) is 0 Å². The summed E-state index contributed by atoms with van der Waals surface area (Å²) < 4.78 is 26.4. The first-order chi connectivity index (χ1) is 13.3. The number of nitrogens with one attached hydrogen (secondary N) is 1. The van der Waals surface area contributed by atoms with E-state index in [-0.39, 0.29) is 16.8 Å². The Morgan fingerprint density at radius 1 is 1.04 bits per heavy atom. The summed E-state index contributed by atoms with van der Waals surface area (Å²) in [5.74, 6) is -0.0534. The van der Waals surface area contributed by atoms with Gasteiger partial charge in [-0.25, -0.2) is 8.42 Å². The number of sulfonamides is 1. The lowest BCUT2D eigenvalue weighted by molar-refractivity contribution is -0.121. The predicted molar refractivity (Wildman–Crippen MR) is 113 cm³/mol. The van der Waals surface area contributed by atoms with E-state index in [1.165, 1.54) is 4.31 Å². The average molecular weight is 423 g/mol. The molecule has 0 saturated heterocycles. The first kappa shape index (κ1) is 22.4. The Bertz CT molecular complexity index is 877. The van der Waals surface area contributed by atoms with E-state index < -0.39 is 10.0 Å². The molecular formula is C21H27ClN2O3S. The van der Waals surface area contributed by atoms with Crippen molar-refractivity contribution in [2.75, 3.05) is 13.1 Å². The van der Waals surface area contributed by atoms with Crippen LogP contribution in [0.2, 0.25) is 5.02 Å². The Morgan fingerprint density at radius 3 is 2.14 bits per heavy atom. The molecule has 0 aromatic heterocycles. The van der Waals surface area contributed by atoms with Crippen molar-refractivity contribution in [1.82, 2.24) is 9.62 Å². The van der Waals surface area contributed by atoms with Crippen LogP contribution in [-0.2, 0) is 21.2 Å².